The zero-order valence-electron chi connectivity index (χ0n) is 18.1. The average Bonchev–Trinajstić information content (AvgIpc) is 2.69. The third kappa shape index (κ3) is 8.42. The summed E-state index contributed by atoms with van der Waals surface area (Å²) in [6.07, 6.45) is 1.31. The molecule has 1 amide bonds. The molecule has 0 atom stereocenters. The summed E-state index contributed by atoms with van der Waals surface area (Å²) in [6.45, 7) is 1.78. The predicted octanol–water partition coefficient (Wildman–Crippen LogP) is 2.15. The summed E-state index contributed by atoms with van der Waals surface area (Å²) in [5, 5.41) is 3.25. The van der Waals surface area contributed by atoms with Gasteiger partial charge in [-0.15, -0.1) is 0 Å². The fourth-order valence-electron chi connectivity index (χ4n) is 3.04. The van der Waals surface area contributed by atoms with Gasteiger partial charge in [0.05, 0.1) is 45.2 Å². The van der Waals surface area contributed by atoms with E-state index < -0.39 is 15.7 Å². The maximum Gasteiger partial charge on any atom is 0.273 e. The normalized spacial score (nSPS) is 12.0. The van der Waals surface area contributed by atoms with Crippen molar-refractivity contribution >= 4 is 50.6 Å². The van der Waals surface area contributed by atoms with Crippen molar-refractivity contribution in [2.75, 3.05) is 50.9 Å². The topological polar surface area (TPSA) is 141 Å². The number of amides is 1. The number of aromatic nitrogens is 2. The second-order valence-electron chi connectivity index (χ2n) is 8.20. The molecule has 1 heterocycles. The molecule has 5 N–H and O–H groups in total. The van der Waals surface area contributed by atoms with E-state index in [2.05, 4.69) is 15.3 Å². The number of nitrogens with two attached hydrogens (primary N) is 2. The van der Waals surface area contributed by atoms with Gasteiger partial charge in [-0.1, -0.05) is 35.3 Å². The molecular formula is C20H29Cl2N6O3S+. The van der Waals surface area contributed by atoms with Crippen molar-refractivity contribution in [3.63, 3.8) is 0 Å². The summed E-state index contributed by atoms with van der Waals surface area (Å²) >= 11 is 11.6. The van der Waals surface area contributed by atoms with Crippen LogP contribution in [-0.4, -0.2) is 68.3 Å². The standard InChI is InChI=1S/C20H28Cl2N6O3S/c1-28(2,11-9-25-20(29)16-18(23)27-19(24)17(22)26-16)10-3-4-12-32(30,31)13-14-5-7-15(21)8-6-14/h5-8H,3-4,9-13H2,1-2H3,(H4-,23,24,25,27,29)/p+1. The summed E-state index contributed by atoms with van der Waals surface area (Å²) in [5.74, 6) is -0.463. The highest BCUT2D eigenvalue weighted by molar-refractivity contribution is 7.90. The molecule has 0 bridgehead atoms. The lowest BCUT2D eigenvalue weighted by Crippen LogP contribution is -2.46. The Balaban J connectivity index is 1.73. The van der Waals surface area contributed by atoms with Gasteiger partial charge in [0.1, 0.15) is 0 Å². The van der Waals surface area contributed by atoms with Crippen molar-refractivity contribution in [2.24, 2.45) is 0 Å². The van der Waals surface area contributed by atoms with Crippen LogP contribution < -0.4 is 16.8 Å². The molecule has 0 unspecified atom stereocenters. The van der Waals surface area contributed by atoms with E-state index in [1.165, 1.54) is 0 Å². The molecule has 0 aliphatic rings. The first kappa shape index (κ1) is 26.1. The summed E-state index contributed by atoms with van der Waals surface area (Å²) in [5.41, 5.74) is 11.9. The molecule has 32 heavy (non-hydrogen) atoms. The van der Waals surface area contributed by atoms with Crippen LogP contribution in [0.2, 0.25) is 10.2 Å². The molecule has 1 aromatic heterocycles. The maximum atomic E-state index is 12.3. The molecular weight excluding hydrogens is 475 g/mol. The smallest absolute Gasteiger partial charge is 0.273 e. The van der Waals surface area contributed by atoms with E-state index in [1.54, 1.807) is 24.3 Å². The quantitative estimate of drug-likeness (QED) is 0.315. The van der Waals surface area contributed by atoms with Crippen LogP contribution in [0.25, 0.3) is 0 Å². The summed E-state index contributed by atoms with van der Waals surface area (Å²) in [7, 11) is 0.847. The number of carbonyl (C=O) groups is 1. The number of halogens is 2. The Labute approximate surface area is 198 Å². The van der Waals surface area contributed by atoms with Gasteiger partial charge in [-0.3, -0.25) is 4.79 Å². The molecule has 0 saturated heterocycles. The van der Waals surface area contributed by atoms with Crippen molar-refractivity contribution in [1.82, 2.24) is 15.3 Å². The second kappa shape index (κ2) is 11.1. The van der Waals surface area contributed by atoms with Crippen LogP contribution in [0.5, 0.6) is 0 Å². The van der Waals surface area contributed by atoms with E-state index >= 15 is 0 Å². The van der Waals surface area contributed by atoms with Crippen LogP contribution >= 0.6 is 23.2 Å². The van der Waals surface area contributed by atoms with Crippen molar-refractivity contribution < 1.29 is 17.7 Å². The van der Waals surface area contributed by atoms with Gasteiger partial charge in [0.2, 0.25) is 0 Å². The highest BCUT2D eigenvalue weighted by Gasteiger charge is 2.19. The number of hydrogen-bond donors (Lipinski definition) is 3. The molecule has 2 rings (SSSR count). The van der Waals surface area contributed by atoms with E-state index in [0.29, 0.717) is 29.0 Å². The molecule has 1 aromatic carbocycles. The van der Waals surface area contributed by atoms with Gasteiger partial charge in [-0.05, 0) is 30.5 Å². The van der Waals surface area contributed by atoms with Gasteiger partial charge in [-0.25, -0.2) is 18.4 Å². The number of quaternary nitrogens is 1. The molecule has 9 nitrogen and oxygen atoms in total. The molecule has 0 radical (unpaired) electrons. The number of likely N-dealkylation sites (N-methyl/N-ethyl adjacent to an activating group) is 1. The van der Waals surface area contributed by atoms with Crippen LogP contribution in [0.3, 0.4) is 0 Å². The van der Waals surface area contributed by atoms with E-state index in [0.717, 1.165) is 18.5 Å². The first-order chi connectivity index (χ1) is 14.9. The molecule has 0 saturated carbocycles. The Bertz CT molecular complexity index is 1050. The first-order valence-electron chi connectivity index (χ1n) is 10.0. The van der Waals surface area contributed by atoms with Crippen LogP contribution in [0, 0.1) is 0 Å². The number of carbonyl (C=O) groups excluding carboxylic acids is 1. The third-order valence-electron chi connectivity index (χ3n) is 4.89. The Morgan fingerprint density at radius 3 is 2.34 bits per heavy atom. The van der Waals surface area contributed by atoms with Crippen molar-refractivity contribution in [3.05, 3.63) is 45.7 Å². The Morgan fingerprint density at radius 2 is 1.69 bits per heavy atom. The van der Waals surface area contributed by atoms with Crippen LogP contribution in [0.15, 0.2) is 24.3 Å². The minimum atomic E-state index is -3.19. The van der Waals surface area contributed by atoms with Gasteiger partial charge < -0.3 is 21.3 Å². The fraction of sp³-hybridized carbons (Fsp3) is 0.450. The number of anilines is 2. The Hall–Kier alpha value is -2.14. The van der Waals surface area contributed by atoms with E-state index in [9.17, 15) is 13.2 Å². The number of sulfone groups is 1. The van der Waals surface area contributed by atoms with Crippen molar-refractivity contribution in [3.8, 4) is 0 Å². The lowest BCUT2D eigenvalue weighted by Gasteiger charge is -2.30. The van der Waals surface area contributed by atoms with E-state index in [4.69, 9.17) is 34.7 Å². The molecule has 0 aliphatic heterocycles. The SMILES string of the molecule is C[N+](C)(CCCCS(=O)(=O)Cc1ccc(Cl)cc1)CCNC(=O)c1nc(Cl)c(N)nc1N. The fourth-order valence-corrected chi connectivity index (χ4v) is 4.79. The zero-order chi connectivity index (χ0) is 23.9. The molecule has 176 valence electrons. The summed E-state index contributed by atoms with van der Waals surface area (Å²) < 4.78 is 25.3. The number of hydrogen-bond acceptors (Lipinski definition) is 7. The van der Waals surface area contributed by atoms with Crippen LogP contribution in [0.4, 0.5) is 11.6 Å². The maximum absolute atomic E-state index is 12.3. The lowest BCUT2D eigenvalue weighted by molar-refractivity contribution is -0.889. The number of nitrogen functional groups attached to an aromatic ring is 2. The minimum Gasteiger partial charge on any atom is -0.382 e. The number of benzene rings is 1. The molecule has 2 aromatic rings. The first-order valence-corrected chi connectivity index (χ1v) is 12.6. The molecule has 0 fully saturated rings. The number of rotatable bonds is 11. The number of nitrogens with zero attached hydrogens (tertiary/aromatic N) is 3. The minimum absolute atomic E-state index is 0.00955. The average molecular weight is 504 g/mol. The van der Waals surface area contributed by atoms with Gasteiger partial charge in [0.25, 0.3) is 5.91 Å². The van der Waals surface area contributed by atoms with Crippen molar-refractivity contribution in [1.29, 1.82) is 0 Å². The predicted molar refractivity (Wildman–Crippen MR) is 128 cm³/mol. The number of nitrogens with one attached hydrogen (secondary N) is 1. The van der Waals surface area contributed by atoms with Gasteiger partial charge in [-0.2, -0.15) is 0 Å². The Kier molecular flexibility index (Phi) is 9.08. The third-order valence-corrected chi connectivity index (χ3v) is 7.11. The summed E-state index contributed by atoms with van der Waals surface area (Å²) in [6, 6.07) is 6.83. The van der Waals surface area contributed by atoms with E-state index in [1.807, 2.05) is 14.1 Å². The highest BCUT2D eigenvalue weighted by Crippen LogP contribution is 2.17. The molecule has 12 heteroatoms. The van der Waals surface area contributed by atoms with Crippen LogP contribution in [-0.2, 0) is 15.6 Å². The second-order valence-corrected chi connectivity index (χ2v) is 11.2. The summed E-state index contributed by atoms with van der Waals surface area (Å²) in [4.78, 5) is 19.9. The van der Waals surface area contributed by atoms with Crippen molar-refractivity contribution in [2.45, 2.75) is 18.6 Å². The monoisotopic (exact) mass is 503 g/mol. The molecule has 0 spiro atoms. The lowest BCUT2D eigenvalue weighted by atomic mass is 10.2. The zero-order valence-corrected chi connectivity index (χ0v) is 20.5. The largest absolute Gasteiger partial charge is 0.382 e. The highest BCUT2D eigenvalue weighted by atomic mass is 35.5. The van der Waals surface area contributed by atoms with Gasteiger partial charge in [0, 0.05) is 5.02 Å². The Morgan fingerprint density at radius 1 is 1.03 bits per heavy atom. The van der Waals surface area contributed by atoms with Gasteiger partial charge >= 0.3 is 0 Å². The molecule has 0 aliphatic carbocycles. The van der Waals surface area contributed by atoms with E-state index in [-0.39, 0.29) is 34.0 Å². The van der Waals surface area contributed by atoms with Gasteiger partial charge in [0.15, 0.2) is 32.3 Å². The number of unbranched alkanes of at least 4 members (excludes halogenated alkanes) is 1. The van der Waals surface area contributed by atoms with Crippen LogP contribution in [0.1, 0.15) is 28.9 Å².